The summed E-state index contributed by atoms with van der Waals surface area (Å²) in [6.45, 7) is 2.93. The average Bonchev–Trinajstić information content (AvgIpc) is 3.07. The van der Waals surface area contributed by atoms with Gasteiger partial charge in [0.05, 0.1) is 16.7 Å². The van der Waals surface area contributed by atoms with Gasteiger partial charge in [0, 0.05) is 13.1 Å². The Morgan fingerprint density at radius 2 is 2.42 bits per heavy atom. The summed E-state index contributed by atoms with van der Waals surface area (Å²) in [5, 5.41) is 12.4. The molecule has 1 atom stereocenters. The van der Waals surface area contributed by atoms with Crippen LogP contribution in [-0.4, -0.2) is 40.1 Å². The number of hydrogen-bond donors (Lipinski definition) is 1. The molecule has 0 unspecified atom stereocenters. The molecule has 1 saturated heterocycles. The Bertz CT molecular complexity index is 592. The number of amides is 1. The van der Waals surface area contributed by atoms with Gasteiger partial charge in [-0.25, -0.2) is 4.98 Å². The van der Waals surface area contributed by atoms with E-state index >= 15 is 0 Å². The van der Waals surface area contributed by atoms with Gasteiger partial charge < -0.3 is 10.0 Å². The van der Waals surface area contributed by atoms with Crippen molar-refractivity contribution in [1.29, 1.82) is 0 Å². The van der Waals surface area contributed by atoms with E-state index in [0.29, 0.717) is 24.4 Å². The first-order valence-corrected chi connectivity index (χ1v) is 7.83. The largest absolute Gasteiger partial charge is 0.391 e. The SMILES string of the molecule is Cc1nc(-c2cccs2)sc1C(=O)N1CC[C@@H](O)C1. The molecule has 1 aliphatic rings. The maximum atomic E-state index is 12.4. The minimum Gasteiger partial charge on any atom is -0.391 e. The van der Waals surface area contributed by atoms with Crippen molar-refractivity contribution in [3.8, 4) is 9.88 Å². The van der Waals surface area contributed by atoms with Crippen molar-refractivity contribution in [3.63, 3.8) is 0 Å². The molecule has 19 heavy (non-hydrogen) atoms. The molecule has 0 aromatic carbocycles. The van der Waals surface area contributed by atoms with Gasteiger partial charge in [-0.05, 0) is 24.8 Å². The number of aliphatic hydroxyl groups excluding tert-OH is 1. The molecule has 1 aliphatic heterocycles. The molecule has 6 heteroatoms. The highest BCUT2D eigenvalue weighted by atomic mass is 32.1. The number of likely N-dealkylation sites (tertiary alicyclic amines) is 1. The number of thiophene rings is 1. The van der Waals surface area contributed by atoms with E-state index in [1.54, 1.807) is 16.2 Å². The van der Waals surface area contributed by atoms with E-state index in [1.165, 1.54) is 11.3 Å². The maximum Gasteiger partial charge on any atom is 0.265 e. The number of aromatic nitrogens is 1. The Hall–Kier alpha value is -1.24. The standard InChI is InChI=1S/C13H14N2O2S2/c1-8-11(13(17)15-5-4-9(16)7-15)19-12(14-8)10-3-2-6-18-10/h2-3,6,9,16H,4-5,7H2,1H3/t9-/m1/s1. The molecule has 4 nitrogen and oxygen atoms in total. The summed E-state index contributed by atoms with van der Waals surface area (Å²) >= 11 is 3.07. The molecular formula is C13H14N2O2S2. The molecule has 2 aromatic rings. The second kappa shape index (κ2) is 5.03. The number of carbonyl (C=O) groups excluding carboxylic acids is 1. The van der Waals surface area contributed by atoms with Crippen LogP contribution >= 0.6 is 22.7 Å². The molecule has 3 heterocycles. The normalized spacial score (nSPS) is 19.1. The van der Waals surface area contributed by atoms with Crippen LogP contribution in [0.25, 0.3) is 9.88 Å². The van der Waals surface area contributed by atoms with E-state index in [-0.39, 0.29) is 12.0 Å². The fourth-order valence-electron chi connectivity index (χ4n) is 2.17. The quantitative estimate of drug-likeness (QED) is 0.925. The lowest BCUT2D eigenvalue weighted by Crippen LogP contribution is -2.29. The van der Waals surface area contributed by atoms with Gasteiger partial charge in [0.25, 0.3) is 5.91 Å². The van der Waals surface area contributed by atoms with Crippen molar-refractivity contribution in [1.82, 2.24) is 9.88 Å². The number of aliphatic hydroxyl groups is 1. The van der Waals surface area contributed by atoms with Crippen LogP contribution < -0.4 is 0 Å². The summed E-state index contributed by atoms with van der Waals surface area (Å²) in [5.74, 6) is -0.00523. The van der Waals surface area contributed by atoms with Gasteiger partial charge in [-0.3, -0.25) is 4.79 Å². The number of aryl methyl sites for hydroxylation is 1. The fourth-order valence-corrected chi connectivity index (χ4v) is 4.00. The van der Waals surface area contributed by atoms with Gasteiger partial charge in [-0.2, -0.15) is 0 Å². The molecular weight excluding hydrogens is 280 g/mol. The van der Waals surface area contributed by atoms with Gasteiger partial charge >= 0.3 is 0 Å². The third kappa shape index (κ3) is 2.43. The maximum absolute atomic E-state index is 12.4. The number of nitrogens with zero attached hydrogens (tertiary/aromatic N) is 2. The van der Waals surface area contributed by atoms with E-state index < -0.39 is 0 Å². The van der Waals surface area contributed by atoms with Crippen molar-refractivity contribution in [2.45, 2.75) is 19.4 Å². The van der Waals surface area contributed by atoms with Crippen molar-refractivity contribution in [3.05, 3.63) is 28.1 Å². The van der Waals surface area contributed by atoms with E-state index in [4.69, 9.17) is 0 Å². The Labute approximate surface area is 119 Å². The van der Waals surface area contributed by atoms with Gasteiger partial charge in [0.15, 0.2) is 0 Å². The average molecular weight is 294 g/mol. The lowest BCUT2D eigenvalue weighted by molar-refractivity contribution is 0.0769. The van der Waals surface area contributed by atoms with Crippen LogP contribution in [0.3, 0.4) is 0 Å². The predicted octanol–water partition coefficient (Wildman–Crippen LogP) is 2.39. The highest BCUT2D eigenvalue weighted by Crippen LogP contribution is 2.32. The van der Waals surface area contributed by atoms with Crippen LogP contribution in [0.1, 0.15) is 21.8 Å². The number of rotatable bonds is 2. The van der Waals surface area contributed by atoms with Gasteiger partial charge in [0.2, 0.25) is 0 Å². The first-order chi connectivity index (χ1) is 9.15. The van der Waals surface area contributed by atoms with Crippen molar-refractivity contribution in [2.75, 3.05) is 13.1 Å². The topological polar surface area (TPSA) is 53.4 Å². The minimum absolute atomic E-state index is 0.00523. The lowest BCUT2D eigenvalue weighted by Gasteiger charge is -2.14. The molecule has 1 amide bonds. The summed E-state index contributed by atoms with van der Waals surface area (Å²) in [6, 6.07) is 3.99. The van der Waals surface area contributed by atoms with Crippen LogP contribution in [0.2, 0.25) is 0 Å². The van der Waals surface area contributed by atoms with Gasteiger partial charge in [-0.15, -0.1) is 22.7 Å². The summed E-state index contributed by atoms with van der Waals surface area (Å²) in [7, 11) is 0. The highest BCUT2D eigenvalue weighted by Gasteiger charge is 2.28. The van der Waals surface area contributed by atoms with Crippen molar-refractivity contribution in [2.24, 2.45) is 0 Å². The van der Waals surface area contributed by atoms with Crippen LogP contribution in [0.4, 0.5) is 0 Å². The molecule has 100 valence electrons. The fraction of sp³-hybridized carbons (Fsp3) is 0.385. The van der Waals surface area contributed by atoms with Crippen LogP contribution in [-0.2, 0) is 0 Å². The third-order valence-electron chi connectivity index (χ3n) is 3.17. The molecule has 0 saturated carbocycles. The summed E-state index contributed by atoms with van der Waals surface area (Å²) in [5.41, 5.74) is 0.778. The molecule has 2 aromatic heterocycles. The second-order valence-corrected chi connectivity index (χ2v) is 6.55. The molecule has 0 spiro atoms. The Kier molecular flexibility index (Phi) is 3.38. The summed E-state index contributed by atoms with van der Waals surface area (Å²) in [6.07, 6.45) is 0.287. The molecule has 0 radical (unpaired) electrons. The Morgan fingerprint density at radius 1 is 1.58 bits per heavy atom. The Balaban J connectivity index is 1.87. The van der Waals surface area contributed by atoms with Crippen molar-refractivity contribution < 1.29 is 9.90 Å². The number of thiazole rings is 1. The molecule has 3 rings (SSSR count). The molecule has 0 bridgehead atoms. The van der Waals surface area contributed by atoms with Crippen LogP contribution in [0.5, 0.6) is 0 Å². The minimum atomic E-state index is -0.381. The zero-order chi connectivity index (χ0) is 13.4. The summed E-state index contributed by atoms with van der Waals surface area (Å²) < 4.78 is 0. The monoisotopic (exact) mass is 294 g/mol. The number of carbonyl (C=O) groups is 1. The van der Waals surface area contributed by atoms with Crippen LogP contribution in [0, 0.1) is 6.92 Å². The summed E-state index contributed by atoms with van der Waals surface area (Å²) in [4.78, 5) is 20.4. The van der Waals surface area contributed by atoms with E-state index in [1.807, 2.05) is 24.4 Å². The first kappa shape index (κ1) is 12.8. The number of β-amino-alcohol motifs (C(OH)–C–C–N with tert-alkyl or cyclic N) is 1. The smallest absolute Gasteiger partial charge is 0.265 e. The third-order valence-corrected chi connectivity index (χ3v) is 5.36. The molecule has 0 aliphatic carbocycles. The van der Waals surface area contributed by atoms with Gasteiger partial charge in [-0.1, -0.05) is 6.07 Å². The second-order valence-electron chi connectivity index (χ2n) is 4.60. The van der Waals surface area contributed by atoms with Crippen molar-refractivity contribution >= 4 is 28.6 Å². The van der Waals surface area contributed by atoms with E-state index in [2.05, 4.69) is 4.98 Å². The predicted molar refractivity (Wildman–Crippen MR) is 76.7 cm³/mol. The molecule has 1 fully saturated rings. The van der Waals surface area contributed by atoms with E-state index in [9.17, 15) is 9.90 Å². The van der Waals surface area contributed by atoms with E-state index in [0.717, 1.165) is 15.6 Å². The molecule has 1 N–H and O–H groups in total. The lowest BCUT2D eigenvalue weighted by atomic mass is 10.3. The zero-order valence-corrected chi connectivity index (χ0v) is 12.1. The van der Waals surface area contributed by atoms with Gasteiger partial charge in [0.1, 0.15) is 9.88 Å². The number of hydrogen-bond acceptors (Lipinski definition) is 5. The zero-order valence-electron chi connectivity index (χ0n) is 10.5. The Morgan fingerprint density at radius 3 is 3.05 bits per heavy atom. The highest BCUT2D eigenvalue weighted by molar-refractivity contribution is 7.22. The van der Waals surface area contributed by atoms with Crippen LogP contribution in [0.15, 0.2) is 17.5 Å². The first-order valence-electron chi connectivity index (χ1n) is 6.14.